The first kappa shape index (κ1) is 25.5. The second-order valence-corrected chi connectivity index (χ2v) is 9.46. The molecule has 0 unspecified atom stereocenters. The van der Waals surface area contributed by atoms with Gasteiger partial charge in [0.15, 0.2) is 0 Å². The summed E-state index contributed by atoms with van der Waals surface area (Å²) in [5.41, 5.74) is 5.78. The fraction of sp³-hybridized carbons (Fsp3) is 0.290. The molecular weight excluding hydrogens is 474 g/mol. The van der Waals surface area contributed by atoms with Gasteiger partial charge in [-0.2, -0.15) is 10.2 Å². The molecule has 5 aromatic rings. The monoisotopic (exact) mass is 507 g/mol. The Kier molecular flexibility index (Phi) is 8.36. The zero-order valence-electron chi connectivity index (χ0n) is 21.8. The van der Waals surface area contributed by atoms with Gasteiger partial charge in [-0.15, -0.1) is 5.10 Å². The highest BCUT2D eigenvalue weighted by molar-refractivity contribution is 5.91. The van der Waals surface area contributed by atoms with Crippen LogP contribution in [-0.2, 0) is 12.8 Å². The van der Waals surface area contributed by atoms with Crippen LogP contribution < -0.4 is 4.74 Å². The summed E-state index contributed by atoms with van der Waals surface area (Å²) in [5, 5.41) is 28.2. The van der Waals surface area contributed by atoms with E-state index in [-0.39, 0.29) is 6.61 Å². The van der Waals surface area contributed by atoms with Gasteiger partial charge in [0.2, 0.25) is 0 Å². The Morgan fingerprint density at radius 1 is 0.763 bits per heavy atom. The van der Waals surface area contributed by atoms with Crippen LogP contribution in [0, 0.1) is 0 Å². The van der Waals surface area contributed by atoms with Gasteiger partial charge in [-0.05, 0) is 79.6 Å². The molecule has 0 fully saturated rings. The van der Waals surface area contributed by atoms with Gasteiger partial charge in [0.25, 0.3) is 0 Å². The first-order valence-electron chi connectivity index (χ1n) is 13.4. The van der Waals surface area contributed by atoms with Crippen molar-refractivity contribution in [3.8, 4) is 28.3 Å². The number of aromatic nitrogens is 5. The third kappa shape index (κ3) is 6.06. The largest absolute Gasteiger partial charge is 0.457 e. The van der Waals surface area contributed by atoms with Crippen molar-refractivity contribution < 1.29 is 9.84 Å². The molecule has 5 rings (SSSR count). The lowest BCUT2D eigenvalue weighted by molar-refractivity contribution is 0.284. The number of rotatable bonds is 12. The number of benzene rings is 3. The van der Waals surface area contributed by atoms with E-state index in [1.54, 1.807) is 0 Å². The Bertz CT molecular complexity index is 1470. The van der Waals surface area contributed by atoms with Crippen molar-refractivity contribution in [2.45, 2.75) is 51.9 Å². The van der Waals surface area contributed by atoms with E-state index < -0.39 is 0 Å². The van der Waals surface area contributed by atoms with E-state index >= 15 is 0 Å². The number of hydrogen-bond donors (Lipinski definition) is 1. The number of para-hydroxylation sites is 1. The van der Waals surface area contributed by atoms with Gasteiger partial charge in [-0.3, -0.25) is 0 Å². The quantitative estimate of drug-likeness (QED) is 0.189. The highest BCUT2D eigenvalue weighted by Crippen LogP contribution is 2.31. The molecule has 0 bridgehead atoms. The molecule has 2 aromatic heterocycles. The Balaban J connectivity index is 1.49. The van der Waals surface area contributed by atoms with E-state index in [1.807, 2.05) is 59.4 Å². The molecule has 0 aliphatic heterocycles. The number of unbranched alkanes of at least 4 members (excludes halogenated alkanes) is 3. The number of aryl methyl sites for hydroxylation is 2. The minimum Gasteiger partial charge on any atom is -0.457 e. The fourth-order valence-electron chi connectivity index (χ4n) is 4.56. The maximum absolute atomic E-state index is 9.12. The lowest BCUT2D eigenvalue weighted by atomic mass is 10.0. The minimum atomic E-state index is 0.191. The topological polar surface area (TPSA) is 86.0 Å². The van der Waals surface area contributed by atoms with Crippen molar-refractivity contribution >= 4 is 10.9 Å². The van der Waals surface area contributed by atoms with Crippen LogP contribution in [0.15, 0.2) is 79.0 Å². The van der Waals surface area contributed by atoms with Gasteiger partial charge < -0.3 is 9.84 Å². The molecule has 0 spiro atoms. The molecule has 0 saturated carbocycles. The molecule has 7 nitrogen and oxygen atoms in total. The highest BCUT2D eigenvalue weighted by atomic mass is 16.5. The lowest BCUT2D eigenvalue weighted by Crippen LogP contribution is -2.06. The molecule has 0 amide bonds. The maximum atomic E-state index is 9.12. The molecule has 0 radical (unpaired) electrons. The third-order valence-corrected chi connectivity index (χ3v) is 6.60. The molecular formula is C31H33N5O2. The summed E-state index contributed by atoms with van der Waals surface area (Å²) in [6.07, 6.45) is 8.56. The van der Waals surface area contributed by atoms with Crippen LogP contribution in [0.5, 0.6) is 11.5 Å². The molecule has 3 aromatic carbocycles. The van der Waals surface area contributed by atoms with Crippen molar-refractivity contribution in [2.24, 2.45) is 0 Å². The van der Waals surface area contributed by atoms with Crippen LogP contribution in [0.1, 0.15) is 50.4 Å². The molecule has 0 aliphatic rings. The van der Waals surface area contributed by atoms with Crippen LogP contribution in [-0.4, -0.2) is 36.9 Å². The SMILES string of the molecule is CCCCCc1nnc2ccc(-c3ccc(Oc4ccccc4)cc3)cc2c1-n1cc(CCCCO)nn1. The van der Waals surface area contributed by atoms with Crippen molar-refractivity contribution in [3.05, 3.63) is 90.4 Å². The zero-order valence-corrected chi connectivity index (χ0v) is 21.8. The summed E-state index contributed by atoms with van der Waals surface area (Å²) in [6.45, 7) is 2.39. The summed E-state index contributed by atoms with van der Waals surface area (Å²) >= 11 is 0. The van der Waals surface area contributed by atoms with Crippen LogP contribution in [0.3, 0.4) is 0 Å². The summed E-state index contributed by atoms with van der Waals surface area (Å²) in [5.74, 6) is 1.61. The van der Waals surface area contributed by atoms with E-state index in [0.29, 0.717) is 0 Å². The second kappa shape index (κ2) is 12.4. The first-order valence-corrected chi connectivity index (χ1v) is 13.4. The average molecular weight is 508 g/mol. The number of ether oxygens (including phenoxy) is 1. The van der Waals surface area contributed by atoms with E-state index in [2.05, 4.69) is 51.7 Å². The fourth-order valence-corrected chi connectivity index (χ4v) is 4.56. The van der Waals surface area contributed by atoms with Crippen molar-refractivity contribution in [1.82, 2.24) is 25.2 Å². The van der Waals surface area contributed by atoms with E-state index in [4.69, 9.17) is 9.84 Å². The van der Waals surface area contributed by atoms with Crippen molar-refractivity contribution in [1.29, 1.82) is 0 Å². The number of aliphatic hydroxyl groups is 1. The van der Waals surface area contributed by atoms with Gasteiger partial charge in [0.1, 0.15) is 11.5 Å². The normalized spacial score (nSPS) is 11.2. The molecule has 2 heterocycles. The molecule has 0 atom stereocenters. The predicted molar refractivity (Wildman–Crippen MR) is 150 cm³/mol. The van der Waals surface area contributed by atoms with Crippen LogP contribution >= 0.6 is 0 Å². The molecule has 7 heteroatoms. The Labute approximate surface area is 223 Å². The second-order valence-electron chi connectivity index (χ2n) is 9.46. The summed E-state index contributed by atoms with van der Waals surface area (Å²) in [4.78, 5) is 0. The first-order chi connectivity index (χ1) is 18.7. The van der Waals surface area contributed by atoms with E-state index in [0.717, 1.165) is 95.5 Å². The third-order valence-electron chi connectivity index (χ3n) is 6.60. The molecule has 0 aliphatic carbocycles. The predicted octanol–water partition coefficient (Wildman–Crippen LogP) is 6.72. The summed E-state index contributed by atoms with van der Waals surface area (Å²) < 4.78 is 7.82. The van der Waals surface area contributed by atoms with Gasteiger partial charge in [0, 0.05) is 12.0 Å². The van der Waals surface area contributed by atoms with Crippen LogP contribution in [0.4, 0.5) is 0 Å². The van der Waals surface area contributed by atoms with E-state index in [9.17, 15) is 0 Å². The molecule has 38 heavy (non-hydrogen) atoms. The van der Waals surface area contributed by atoms with Gasteiger partial charge in [-0.1, -0.05) is 61.4 Å². The van der Waals surface area contributed by atoms with Gasteiger partial charge in [-0.25, -0.2) is 4.68 Å². The zero-order chi connectivity index (χ0) is 26.2. The van der Waals surface area contributed by atoms with Gasteiger partial charge >= 0.3 is 0 Å². The number of nitrogens with zero attached hydrogens (tertiary/aromatic N) is 5. The molecule has 0 saturated heterocycles. The Morgan fingerprint density at radius 2 is 1.53 bits per heavy atom. The summed E-state index contributed by atoms with van der Waals surface area (Å²) in [7, 11) is 0. The molecule has 1 N–H and O–H groups in total. The number of fused-ring (bicyclic) bond motifs is 1. The van der Waals surface area contributed by atoms with E-state index in [1.165, 1.54) is 0 Å². The lowest BCUT2D eigenvalue weighted by Gasteiger charge is -2.12. The van der Waals surface area contributed by atoms with Gasteiger partial charge in [0.05, 0.1) is 28.8 Å². The van der Waals surface area contributed by atoms with Crippen LogP contribution in [0.25, 0.3) is 27.7 Å². The standard InChI is InChI=1S/C31H33N5O2/c1-2-3-5-13-30-31(36-22-25(32-35-36)10-8-9-20-37)28-21-24(16-19-29(28)33-34-30)23-14-17-27(18-15-23)38-26-11-6-4-7-12-26/h4,6-7,11-12,14-19,21-22,37H,2-3,5,8-10,13,20H2,1H3. The highest BCUT2D eigenvalue weighted by Gasteiger charge is 2.16. The summed E-state index contributed by atoms with van der Waals surface area (Å²) in [6, 6.07) is 24.2. The van der Waals surface area contributed by atoms with Crippen LogP contribution in [0.2, 0.25) is 0 Å². The Morgan fingerprint density at radius 3 is 2.32 bits per heavy atom. The minimum absolute atomic E-state index is 0.191. The van der Waals surface area contributed by atoms with Crippen molar-refractivity contribution in [2.75, 3.05) is 6.61 Å². The molecule has 194 valence electrons. The number of aliphatic hydroxyl groups excluding tert-OH is 1. The van der Waals surface area contributed by atoms with Crippen molar-refractivity contribution in [3.63, 3.8) is 0 Å². The number of hydrogen-bond acceptors (Lipinski definition) is 6. The average Bonchev–Trinajstić information content (AvgIpc) is 3.42. The maximum Gasteiger partial charge on any atom is 0.127 e. The smallest absolute Gasteiger partial charge is 0.127 e. The Hall–Kier alpha value is -4.10.